The standard InChI is InChI=1S/C17H21FN2O/c1-3-7-21-16-9-14(11-20-12-16)17(2,19)10-13-5-4-6-15(18)8-13/h4-6,8-9,11-12H,3,7,10,19H2,1-2H3. The van der Waals surface area contributed by atoms with Gasteiger partial charge in [0.15, 0.2) is 0 Å². The van der Waals surface area contributed by atoms with E-state index in [1.165, 1.54) is 12.1 Å². The first-order valence-corrected chi connectivity index (χ1v) is 7.13. The Labute approximate surface area is 125 Å². The van der Waals surface area contributed by atoms with Crippen molar-refractivity contribution in [3.05, 3.63) is 59.7 Å². The Balaban J connectivity index is 2.18. The van der Waals surface area contributed by atoms with E-state index in [-0.39, 0.29) is 5.82 Å². The second-order valence-electron chi connectivity index (χ2n) is 5.48. The Morgan fingerprint density at radius 3 is 2.81 bits per heavy atom. The average Bonchev–Trinajstić information content (AvgIpc) is 2.45. The van der Waals surface area contributed by atoms with Crippen molar-refractivity contribution in [2.75, 3.05) is 6.61 Å². The number of halogens is 1. The molecule has 0 aliphatic rings. The van der Waals surface area contributed by atoms with Gasteiger partial charge in [-0.3, -0.25) is 4.98 Å². The molecule has 0 radical (unpaired) electrons. The van der Waals surface area contributed by atoms with Crippen molar-refractivity contribution in [3.63, 3.8) is 0 Å². The molecule has 0 saturated heterocycles. The van der Waals surface area contributed by atoms with E-state index >= 15 is 0 Å². The molecule has 0 aliphatic carbocycles. The molecule has 0 aliphatic heterocycles. The quantitative estimate of drug-likeness (QED) is 0.886. The molecule has 4 heteroatoms. The van der Waals surface area contributed by atoms with E-state index in [0.29, 0.717) is 18.8 Å². The summed E-state index contributed by atoms with van der Waals surface area (Å²) in [7, 11) is 0. The number of rotatable bonds is 6. The first kappa shape index (κ1) is 15.4. The fourth-order valence-corrected chi connectivity index (χ4v) is 2.20. The molecule has 2 N–H and O–H groups in total. The molecular weight excluding hydrogens is 267 g/mol. The topological polar surface area (TPSA) is 48.1 Å². The van der Waals surface area contributed by atoms with Gasteiger partial charge >= 0.3 is 0 Å². The van der Waals surface area contributed by atoms with Gasteiger partial charge in [-0.2, -0.15) is 0 Å². The van der Waals surface area contributed by atoms with Crippen LogP contribution >= 0.6 is 0 Å². The number of aromatic nitrogens is 1. The zero-order valence-electron chi connectivity index (χ0n) is 12.5. The first-order valence-electron chi connectivity index (χ1n) is 7.13. The Morgan fingerprint density at radius 2 is 2.10 bits per heavy atom. The predicted octanol–water partition coefficient (Wildman–Crippen LogP) is 3.43. The Morgan fingerprint density at radius 1 is 1.29 bits per heavy atom. The van der Waals surface area contributed by atoms with E-state index in [0.717, 1.165) is 17.5 Å². The van der Waals surface area contributed by atoms with Crippen LogP contribution in [0.5, 0.6) is 5.75 Å². The van der Waals surface area contributed by atoms with Crippen LogP contribution in [0.15, 0.2) is 42.7 Å². The Hall–Kier alpha value is -1.94. The van der Waals surface area contributed by atoms with Gasteiger partial charge in [0.2, 0.25) is 0 Å². The maximum atomic E-state index is 13.3. The highest BCUT2D eigenvalue weighted by Crippen LogP contribution is 2.25. The fraction of sp³-hybridized carbons (Fsp3) is 0.353. The van der Waals surface area contributed by atoms with Gasteiger partial charge in [-0.1, -0.05) is 19.1 Å². The second kappa shape index (κ2) is 6.68. The molecule has 21 heavy (non-hydrogen) atoms. The monoisotopic (exact) mass is 288 g/mol. The van der Waals surface area contributed by atoms with Crippen molar-refractivity contribution in [1.29, 1.82) is 0 Å². The van der Waals surface area contributed by atoms with Crippen LogP contribution in [-0.2, 0) is 12.0 Å². The molecule has 0 saturated carbocycles. The predicted molar refractivity (Wildman–Crippen MR) is 81.7 cm³/mol. The maximum Gasteiger partial charge on any atom is 0.137 e. The summed E-state index contributed by atoms with van der Waals surface area (Å²) in [6.07, 6.45) is 4.88. The highest BCUT2D eigenvalue weighted by molar-refractivity contribution is 5.31. The SMILES string of the molecule is CCCOc1cncc(C(C)(N)Cc2cccc(F)c2)c1. The molecule has 0 fully saturated rings. The van der Waals surface area contributed by atoms with Crippen LogP contribution in [0, 0.1) is 5.82 Å². The number of pyridine rings is 1. The molecule has 1 heterocycles. The normalized spacial score (nSPS) is 13.7. The maximum absolute atomic E-state index is 13.3. The lowest BCUT2D eigenvalue weighted by molar-refractivity contribution is 0.314. The van der Waals surface area contributed by atoms with Crippen LogP contribution in [0.4, 0.5) is 4.39 Å². The summed E-state index contributed by atoms with van der Waals surface area (Å²) in [6.45, 7) is 4.61. The number of benzene rings is 1. The summed E-state index contributed by atoms with van der Waals surface area (Å²) in [4.78, 5) is 4.18. The van der Waals surface area contributed by atoms with Crippen molar-refractivity contribution in [2.24, 2.45) is 5.73 Å². The van der Waals surface area contributed by atoms with Crippen LogP contribution in [0.3, 0.4) is 0 Å². The molecule has 0 bridgehead atoms. The summed E-state index contributed by atoms with van der Waals surface area (Å²) in [6, 6.07) is 8.41. The van der Waals surface area contributed by atoms with Crippen LogP contribution in [0.25, 0.3) is 0 Å². The fourth-order valence-electron chi connectivity index (χ4n) is 2.20. The first-order chi connectivity index (χ1) is 10.0. The Kier molecular flexibility index (Phi) is 4.91. The van der Waals surface area contributed by atoms with Gasteiger partial charge in [-0.15, -0.1) is 0 Å². The highest BCUT2D eigenvalue weighted by Gasteiger charge is 2.23. The molecule has 1 unspecified atom stereocenters. The van der Waals surface area contributed by atoms with Gasteiger partial charge in [0, 0.05) is 11.7 Å². The van der Waals surface area contributed by atoms with Crippen molar-refractivity contribution in [2.45, 2.75) is 32.2 Å². The van der Waals surface area contributed by atoms with E-state index < -0.39 is 5.54 Å². The average molecular weight is 288 g/mol. The molecule has 2 rings (SSSR count). The molecule has 1 atom stereocenters. The minimum atomic E-state index is -0.633. The van der Waals surface area contributed by atoms with Gasteiger partial charge in [0.25, 0.3) is 0 Å². The number of nitrogens with zero attached hydrogens (tertiary/aromatic N) is 1. The number of hydrogen-bond acceptors (Lipinski definition) is 3. The van der Waals surface area contributed by atoms with E-state index in [4.69, 9.17) is 10.5 Å². The summed E-state index contributed by atoms with van der Waals surface area (Å²) < 4.78 is 18.9. The van der Waals surface area contributed by atoms with Crippen LogP contribution in [0.2, 0.25) is 0 Å². The van der Waals surface area contributed by atoms with Crippen molar-refractivity contribution in [1.82, 2.24) is 4.98 Å². The van der Waals surface area contributed by atoms with E-state index in [2.05, 4.69) is 4.98 Å². The van der Waals surface area contributed by atoms with Gasteiger partial charge in [-0.25, -0.2) is 4.39 Å². The summed E-state index contributed by atoms with van der Waals surface area (Å²) in [5.41, 5.74) is 7.50. The van der Waals surface area contributed by atoms with Crippen LogP contribution in [-0.4, -0.2) is 11.6 Å². The molecule has 112 valence electrons. The minimum Gasteiger partial charge on any atom is -0.492 e. The lowest BCUT2D eigenvalue weighted by Gasteiger charge is -2.25. The van der Waals surface area contributed by atoms with Gasteiger partial charge in [0.1, 0.15) is 11.6 Å². The van der Waals surface area contributed by atoms with E-state index in [1.54, 1.807) is 18.5 Å². The molecule has 3 nitrogen and oxygen atoms in total. The van der Waals surface area contributed by atoms with Crippen molar-refractivity contribution >= 4 is 0 Å². The zero-order valence-corrected chi connectivity index (χ0v) is 12.5. The lowest BCUT2D eigenvalue weighted by Crippen LogP contribution is -2.35. The summed E-state index contributed by atoms with van der Waals surface area (Å²) in [5, 5.41) is 0. The number of nitrogens with two attached hydrogens (primary N) is 1. The van der Waals surface area contributed by atoms with E-state index in [9.17, 15) is 4.39 Å². The molecular formula is C17H21FN2O. The van der Waals surface area contributed by atoms with Crippen LogP contribution < -0.4 is 10.5 Å². The van der Waals surface area contributed by atoms with Gasteiger partial charge < -0.3 is 10.5 Å². The smallest absolute Gasteiger partial charge is 0.137 e. The van der Waals surface area contributed by atoms with E-state index in [1.807, 2.05) is 26.0 Å². The number of hydrogen-bond donors (Lipinski definition) is 1. The third-order valence-corrected chi connectivity index (χ3v) is 3.31. The third-order valence-electron chi connectivity index (χ3n) is 3.31. The molecule has 0 spiro atoms. The molecule has 2 aromatic rings. The van der Waals surface area contributed by atoms with Crippen LogP contribution in [0.1, 0.15) is 31.4 Å². The largest absolute Gasteiger partial charge is 0.492 e. The minimum absolute atomic E-state index is 0.249. The Bertz CT molecular complexity index is 599. The van der Waals surface area contributed by atoms with Crippen molar-refractivity contribution < 1.29 is 9.13 Å². The van der Waals surface area contributed by atoms with Gasteiger partial charge in [-0.05, 0) is 49.1 Å². The third kappa shape index (κ3) is 4.26. The second-order valence-corrected chi connectivity index (χ2v) is 5.48. The zero-order chi connectivity index (χ0) is 15.3. The van der Waals surface area contributed by atoms with Gasteiger partial charge in [0.05, 0.1) is 12.8 Å². The van der Waals surface area contributed by atoms with Crippen molar-refractivity contribution in [3.8, 4) is 5.75 Å². The summed E-state index contributed by atoms with van der Waals surface area (Å²) >= 11 is 0. The molecule has 1 aromatic carbocycles. The highest BCUT2D eigenvalue weighted by atomic mass is 19.1. The molecule has 0 amide bonds. The summed E-state index contributed by atoms with van der Waals surface area (Å²) in [5.74, 6) is 0.465. The lowest BCUT2D eigenvalue weighted by atomic mass is 9.87. The molecule has 1 aromatic heterocycles. The number of ether oxygens (including phenoxy) is 1.